The van der Waals surface area contributed by atoms with E-state index in [0.717, 1.165) is 44.2 Å². The molecule has 2 aromatic rings. The summed E-state index contributed by atoms with van der Waals surface area (Å²) >= 11 is 0. The number of aromatic nitrogens is 2. The van der Waals surface area contributed by atoms with Crippen LogP contribution in [-0.2, 0) is 4.74 Å². The molecule has 5 heteroatoms. The highest BCUT2D eigenvalue weighted by Crippen LogP contribution is 2.11. The minimum absolute atomic E-state index is 0.695. The molecule has 1 fully saturated rings. The Balaban J connectivity index is 1.52. The number of hydrogen-bond acceptors (Lipinski definition) is 4. The fraction of sp³-hybridized carbons (Fsp3) is 0.462. The van der Waals surface area contributed by atoms with E-state index in [-0.39, 0.29) is 0 Å². The van der Waals surface area contributed by atoms with Gasteiger partial charge >= 0.3 is 0 Å². The van der Waals surface area contributed by atoms with Gasteiger partial charge in [-0.15, -0.1) is 0 Å². The third kappa shape index (κ3) is 2.63. The average Bonchev–Trinajstić information content (AvgIpc) is 2.87. The first kappa shape index (κ1) is 11.5. The second-order valence-corrected chi connectivity index (χ2v) is 4.28. The van der Waals surface area contributed by atoms with Crippen LogP contribution >= 0.6 is 0 Å². The largest absolute Gasteiger partial charge is 0.491 e. The van der Waals surface area contributed by atoms with Crippen molar-refractivity contribution >= 4 is 5.65 Å². The van der Waals surface area contributed by atoms with Crippen LogP contribution < -0.4 is 4.74 Å². The monoisotopic (exact) mass is 246 g/mol. The molecule has 0 amide bonds. The van der Waals surface area contributed by atoms with Crippen molar-refractivity contribution in [1.29, 1.82) is 0 Å². The zero-order valence-electron chi connectivity index (χ0n) is 10.2. The van der Waals surface area contributed by atoms with E-state index in [4.69, 9.17) is 9.47 Å². The number of hydrogen-bond donors (Lipinski definition) is 0. The number of pyridine rings is 1. The van der Waals surface area contributed by atoms with Gasteiger partial charge < -0.3 is 9.47 Å². The number of imidazole rings is 1. The Morgan fingerprint density at radius 2 is 2.22 bits per heavy atom. The van der Waals surface area contributed by atoms with Gasteiger partial charge in [0.05, 0.1) is 31.8 Å². The van der Waals surface area contributed by atoms with E-state index in [1.165, 1.54) is 0 Å². The van der Waals surface area contributed by atoms with Gasteiger partial charge in [-0.3, -0.25) is 9.30 Å². The highest BCUT2D eigenvalue weighted by molar-refractivity contribution is 5.40. The third-order valence-electron chi connectivity index (χ3n) is 3.07. The molecule has 0 aromatic carbocycles. The Bertz CT molecular complexity index is 506. The minimum Gasteiger partial charge on any atom is -0.491 e. The first-order valence-corrected chi connectivity index (χ1v) is 6.19. The van der Waals surface area contributed by atoms with Crippen molar-refractivity contribution in [3.63, 3.8) is 0 Å². The van der Waals surface area contributed by atoms with E-state index < -0.39 is 0 Å². The zero-order valence-corrected chi connectivity index (χ0v) is 10.2. The van der Waals surface area contributed by atoms with Gasteiger partial charge in [0.25, 0.3) is 0 Å². The van der Waals surface area contributed by atoms with E-state index in [9.17, 15) is 0 Å². The van der Waals surface area contributed by atoms with E-state index >= 15 is 0 Å². The smallest absolute Gasteiger partial charge is 0.137 e. The SMILES string of the molecule is [c]1cnc2ccc(OCCN3CCOCC3)cn12. The molecule has 0 saturated carbocycles. The lowest BCUT2D eigenvalue weighted by Gasteiger charge is -2.26. The molecule has 1 saturated heterocycles. The van der Waals surface area contributed by atoms with E-state index in [1.54, 1.807) is 6.20 Å². The van der Waals surface area contributed by atoms with Crippen LogP contribution in [0.2, 0.25) is 0 Å². The first-order chi connectivity index (χ1) is 8.92. The predicted octanol–water partition coefficient (Wildman–Crippen LogP) is 0.845. The van der Waals surface area contributed by atoms with E-state index in [1.807, 2.05) is 22.7 Å². The maximum atomic E-state index is 5.74. The van der Waals surface area contributed by atoms with Crippen molar-refractivity contribution in [1.82, 2.24) is 14.3 Å². The fourth-order valence-electron chi connectivity index (χ4n) is 2.04. The molecule has 3 rings (SSSR count). The summed E-state index contributed by atoms with van der Waals surface area (Å²) in [5.74, 6) is 0.852. The van der Waals surface area contributed by atoms with Crippen LogP contribution in [-0.4, -0.2) is 53.7 Å². The maximum Gasteiger partial charge on any atom is 0.137 e. The minimum atomic E-state index is 0.695. The summed E-state index contributed by atoms with van der Waals surface area (Å²) in [5, 5.41) is 0. The molecule has 95 valence electrons. The molecule has 1 radical (unpaired) electrons. The maximum absolute atomic E-state index is 5.74. The molecule has 0 bridgehead atoms. The van der Waals surface area contributed by atoms with Gasteiger partial charge in [0.2, 0.25) is 0 Å². The highest BCUT2D eigenvalue weighted by atomic mass is 16.5. The Morgan fingerprint density at radius 3 is 3.11 bits per heavy atom. The number of morpholine rings is 1. The molecule has 0 N–H and O–H groups in total. The Labute approximate surface area is 106 Å². The summed E-state index contributed by atoms with van der Waals surface area (Å²) in [6.45, 7) is 5.29. The Morgan fingerprint density at radius 1 is 1.33 bits per heavy atom. The van der Waals surface area contributed by atoms with Crippen LogP contribution in [0.3, 0.4) is 0 Å². The zero-order chi connectivity index (χ0) is 12.2. The summed E-state index contributed by atoms with van der Waals surface area (Å²) < 4.78 is 12.9. The van der Waals surface area contributed by atoms with Crippen molar-refractivity contribution < 1.29 is 9.47 Å². The van der Waals surface area contributed by atoms with Crippen molar-refractivity contribution in [3.8, 4) is 5.75 Å². The quantitative estimate of drug-likeness (QED) is 0.801. The molecular weight excluding hydrogens is 230 g/mol. The molecule has 5 nitrogen and oxygen atoms in total. The average molecular weight is 246 g/mol. The lowest BCUT2D eigenvalue weighted by molar-refractivity contribution is 0.0322. The molecule has 0 unspecified atom stereocenters. The second kappa shape index (κ2) is 5.37. The molecule has 0 aliphatic carbocycles. The van der Waals surface area contributed by atoms with Gasteiger partial charge in [0.1, 0.15) is 18.0 Å². The van der Waals surface area contributed by atoms with Crippen LogP contribution in [0.5, 0.6) is 5.75 Å². The summed E-state index contributed by atoms with van der Waals surface area (Å²) in [4.78, 5) is 6.50. The first-order valence-electron chi connectivity index (χ1n) is 6.19. The van der Waals surface area contributed by atoms with Gasteiger partial charge in [-0.2, -0.15) is 0 Å². The molecule has 0 atom stereocenters. The number of fused-ring (bicyclic) bond motifs is 1. The van der Waals surface area contributed by atoms with E-state index in [0.29, 0.717) is 6.61 Å². The number of nitrogens with zero attached hydrogens (tertiary/aromatic N) is 3. The fourth-order valence-corrected chi connectivity index (χ4v) is 2.04. The summed E-state index contributed by atoms with van der Waals surface area (Å²) in [7, 11) is 0. The van der Waals surface area contributed by atoms with Gasteiger partial charge in [-0.05, 0) is 12.1 Å². The van der Waals surface area contributed by atoms with Crippen LogP contribution in [0, 0.1) is 6.20 Å². The Kier molecular flexibility index (Phi) is 3.43. The van der Waals surface area contributed by atoms with Crippen LogP contribution in [0.4, 0.5) is 0 Å². The molecule has 1 aliphatic heterocycles. The Hall–Kier alpha value is -1.59. The molecule has 18 heavy (non-hydrogen) atoms. The van der Waals surface area contributed by atoms with Crippen molar-refractivity contribution in [2.45, 2.75) is 0 Å². The van der Waals surface area contributed by atoms with Crippen LogP contribution in [0.1, 0.15) is 0 Å². The van der Waals surface area contributed by atoms with Crippen LogP contribution in [0.25, 0.3) is 5.65 Å². The lowest BCUT2D eigenvalue weighted by Crippen LogP contribution is -2.38. The molecule has 1 aliphatic rings. The van der Waals surface area contributed by atoms with Gasteiger partial charge in [0.15, 0.2) is 0 Å². The standard InChI is InChI=1S/C13H16N3O2/c1-2-13-14-3-4-16(13)11-12(1)18-10-7-15-5-8-17-9-6-15/h1-3,11H,5-10H2. The predicted molar refractivity (Wildman–Crippen MR) is 66.8 cm³/mol. The molecule has 2 aromatic heterocycles. The third-order valence-corrected chi connectivity index (χ3v) is 3.07. The number of ether oxygens (including phenoxy) is 2. The number of rotatable bonds is 4. The van der Waals surface area contributed by atoms with Gasteiger partial charge in [-0.1, -0.05) is 0 Å². The second-order valence-electron chi connectivity index (χ2n) is 4.28. The highest BCUT2D eigenvalue weighted by Gasteiger charge is 2.09. The van der Waals surface area contributed by atoms with E-state index in [2.05, 4.69) is 16.1 Å². The topological polar surface area (TPSA) is 39.0 Å². The summed E-state index contributed by atoms with van der Waals surface area (Å²) in [5.41, 5.74) is 0.885. The van der Waals surface area contributed by atoms with Gasteiger partial charge in [0, 0.05) is 19.6 Å². The van der Waals surface area contributed by atoms with Crippen molar-refractivity contribution in [2.75, 3.05) is 39.5 Å². The van der Waals surface area contributed by atoms with Gasteiger partial charge in [-0.25, -0.2) is 4.98 Å². The molecule has 3 heterocycles. The van der Waals surface area contributed by atoms with Crippen molar-refractivity contribution in [3.05, 3.63) is 30.7 Å². The lowest BCUT2D eigenvalue weighted by atomic mass is 10.4. The van der Waals surface area contributed by atoms with Crippen LogP contribution in [0.15, 0.2) is 24.5 Å². The molecule has 0 spiro atoms. The summed E-state index contributed by atoms with van der Waals surface area (Å²) in [6, 6.07) is 3.87. The normalized spacial score (nSPS) is 17.1. The molecular formula is C13H16N3O2. The summed E-state index contributed by atoms with van der Waals surface area (Å²) in [6.07, 6.45) is 6.56. The van der Waals surface area contributed by atoms with Crippen molar-refractivity contribution in [2.24, 2.45) is 0 Å².